The fraction of sp³-hybridized carbons (Fsp3) is 0.692. The van der Waals surface area contributed by atoms with Gasteiger partial charge in [0.2, 0.25) is 37.4 Å². The molecule has 0 aliphatic carbocycles. The Morgan fingerprint density at radius 3 is 1.02 bits per heavy atom. The number of carbonyl (C=O) groups is 7. The van der Waals surface area contributed by atoms with Crippen molar-refractivity contribution in [2.45, 2.75) is 308 Å². The Morgan fingerprint density at radius 2 is 0.733 bits per heavy atom. The van der Waals surface area contributed by atoms with Gasteiger partial charge in [-0.25, -0.2) is 48.1 Å². The monoisotopic (exact) mass is 2200 g/mol. The average molecular weight is 2200 g/mol. The number of nitrogens with one attached hydrogen (secondary N) is 10. The van der Waals surface area contributed by atoms with Gasteiger partial charge in [0.1, 0.15) is 102 Å². The maximum atomic E-state index is 13.1. The number of hydrogen-bond donors (Lipinski definition) is 10. The second-order valence-corrected chi connectivity index (χ2v) is 40.8. The van der Waals surface area contributed by atoms with Crippen LogP contribution in [0.15, 0.2) is 47.4 Å². The lowest BCUT2D eigenvalue weighted by atomic mass is 9.96. The number of nitrogens with zero attached hydrogens (tertiary/aromatic N) is 9. The van der Waals surface area contributed by atoms with Crippen molar-refractivity contribution >= 4 is 66.9 Å². The van der Waals surface area contributed by atoms with Crippen molar-refractivity contribution < 1.29 is 142 Å². The molecular formula is C91H124F12N19O25P3. The third kappa shape index (κ3) is 33.9. The zero-order valence-corrected chi connectivity index (χ0v) is 87.8. The van der Waals surface area contributed by atoms with E-state index in [1.165, 1.54) is 23.0 Å². The largest absolute Gasteiger partial charge is 0.471 e. The molecule has 59 heteroatoms. The quantitative estimate of drug-likeness (QED) is 0.00902. The first-order chi connectivity index (χ1) is 70.3. The van der Waals surface area contributed by atoms with Gasteiger partial charge in [0.25, 0.3) is 42.3 Å². The van der Waals surface area contributed by atoms with Crippen LogP contribution in [0.1, 0.15) is 198 Å². The highest BCUT2D eigenvalue weighted by Gasteiger charge is 2.67. The number of amides is 7. The molecule has 44 nitrogen and oxygen atoms in total. The van der Waals surface area contributed by atoms with Gasteiger partial charge < -0.3 is 107 Å². The minimum Gasteiger partial charge on any atom is -0.368 e. The van der Waals surface area contributed by atoms with Gasteiger partial charge >= 0.3 is 65.4 Å². The molecule has 150 heavy (non-hydrogen) atoms. The number of unbranched alkanes of at least 4 members (excludes halogenated alkanes) is 1. The van der Waals surface area contributed by atoms with E-state index in [1.807, 2.05) is 109 Å². The average Bonchev–Trinajstić information content (AvgIpc) is 1.58. The van der Waals surface area contributed by atoms with E-state index in [1.54, 1.807) is 24.5 Å². The molecule has 6 aliphatic heterocycles. The topological polar surface area (TPSA) is 502 Å². The standard InChI is InChI=1S/C33H44F6N7O9P.C31H44F3N6O8P.C27H36F3N6O8P/c1-7-31-18-52-23(24(31)55-56(53-16-15-40-6)46(19(2)3)20(4)5)27(54-31)45-17-21(25(47)44-30(45)51)11-10-14-41-26(48)22(43-29(50)33(37,38)39)12-8-9-13-42-28(49)32(34,35)36;1-9-30-17-45-23(24(30)48-49(46-14-13-35-8)40(19(4)5)20(6)7)27(47-30)39-16-21(25(41)38-29(39)44)11-10-12-36-26(42)22(15-18(2)3)37-28(43)31(32,33)34;1-7-26-15-41-20(21(26)44-45(42-12-11-31-6)36(16(2)3)17(4)5)23(43-26)35-14-18(22(38)34-25(35)40)9-8-10-32-19(37)13-33-24(39)27(28,29)30/h17,19-20,22-24,27H,7-9,12-16,18H2,1-5H3,(H,41,48)(H,42,49)(H,43,50)(H,44,47,51);16,18-20,22-24,27H,9,12-15,17H2,1-7H3,(H,36,42)(H,37,43)(H,38,41,44);14,16-17,20-21,23H,7,10-13,15H2,1-5H3,(H,32,37)(H,33,39)(H,34,38,40)/t22-,23?,24+,27+,31-,56?;22-,23?,24+,27+,30-,49?;20?,21-,23-,26+,45?/m001/s1. The van der Waals surface area contributed by atoms with Crippen LogP contribution in [0.3, 0.4) is 0 Å². The molecule has 0 aromatic carbocycles. The van der Waals surface area contributed by atoms with Crippen LogP contribution in [-0.4, -0.2) is 302 Å². The molecule has 6 unspecified atom stereocenters. The molecule has 3 aromatic heterocycles. The summed E-state index contributed by atoms with van der Waals surface area (Å²) < 4.78 is 236. The molecule has 832 valence electrons. The minimum absolute atomic E-state index is 0.00392. The van der Waals surface area contributed by atoms with Gasteiger partial charge in [-0.3, -0.25) is 76.6 Å². The van der Waals surface area contributed by atoms with Crippen molar-refractivity contribution in [2.75, 3.05) is 92.0 Å². The van der Waals surface area contributed by atoms with Crippen LogP contribution >= 0.6 is 25.6 Å². The van der Waals surface area contributed by atoms with E-state index in [4.69, 9.17) is 75.3 Å². The lowest BCUT2D eigenvalue weighted by Gasteiger charge is -2.38. The second-order valence-electron chi connectivity index (χ2n) is 36.6. The van der Waals surface area contributed by atoms with E-state index in [0.29, 0.717) is 19.3 Å². The number of rotatable bonds is 46. The Kier molecular flexibility index (Phi) is 47.3. The fourth-order valence-corrected chi connectivity index (χ4v) is 21.8. The maximum Gasteiger partial charge on any atom is 0.471 e. The number of carbonyl (C=O) groups excluding carboxylic acids is 7. The van der Waals surface area contributed by atoms with Gasteiger partial charge in [0, 0.05) is 61.4 Å². The number of alkyl halides is 12. The molecule has 0 saturated carbocycles. The number of ether oxygens (including phenoxy) is 6. The fourth-order valence-electron chi connectivity index (χ4n) is 16.4. The van der Waals surface area contributed by atoms with Gasteiger partial charge in [0.15, 0.2) is 18.7 Å². The normalized spacial score (nSPS) is 22.5. The van der Waals surface area contributed by atoms with E-state index in [-0.39, 0.29) is 150 Å². The van der Waals surface area contributed by atoms with Crippen molar-refractivity contribution in [3.63, 3.8) is 0 Å². The molecule has 0 radical (unpaired) electrons. The van der Waals surface area contributed by atoms with E-state index >= 15 is 0 Å². The minimum atomic E-state index is -5.35. The number of hydrogen-bond acceptors (Lipinski definition) is 28. The third-order valence-electron chi connectivity index (χ3n) is 23.3. The highest BCUT2D eigenvalue weighted by Crippen LogP contribution is 2.60. The number of H-pyrrole nitrogens is 3. The lowest BCUT2D eigenvalue weighted by molar-refractivity contribution is -0.175. The summed E-state index contributed by atoms with van der Waals surface area (Å²) in [6, 6.07) is -3.07. The molecule has 7 amide bonds. The van der Waals surface area contributed by atoms with Crippen LogP contribution in [0.2, 0.25) is 0 Å². The predicted octanol–water partition coefficient (Wildman–Crippen LogP) is 6.91. The van der Waals surface area contributed by atoms with Crippen molar-refractivity contribution in [3.8, 4) is 35.5 Å². The van der Waals surface area contributed by atoms with Crippen LogP contribution in [-0.2, 0) is 89.1 Å². The molecule has 9 heterocycles. The number of halogens is 12. The molecule has 17 atom stereocenters. The molecule has 6 saturated heterocycles. The summed E-state index contributed by atoms with van der Waals surface area (Å²) in [5.74, 6) is 2.78. The zero-order valence-electron chi connectivity index (χ0n) is 85.1. The van der Waals surface area contributed by atoms with Crippen molar-refractivity contribution in [2.24, 2.45) is 5.92 Å². The molecular weight excluding hydrogens is 2080 g/mol. The number of aromatic amines is 3. The molecule has 6 fully saturated rings. The van der Waals surface area contributed by atoms with E-state index in [9.17, 15) is 115 Å². The predicted molar refractivity (Wildman–Crippen MR) is 514 cm³/mol. The van der Waals surface area contributed by atoms with Crippen LogP contribution in [0.5, 0.6) is 0 Å². The van der Waals surface area contributed by atoms with E-state index < -0.39 is 236 Å². The summed E-state index contributed by atoms with van der Waals surface area (Å²) in [7, 11) is -5.06. The first kappa shape index (κ1) is 126. The Bertz CT molecular complexity index is 5850. The Hall–Kier alpha value is -10.7. The van der Waals surface area contributed by atoms with Gasteiger partial charge in [-0.05, 0) is 134 Å². The van der Waals surface area contributed by atoms with Crippen LogP contribution in [0.25, 0.3) is 14.5 Å². The van der Waals surface area contributed by atoms with Gasteiger partial charge in [-0.1, -0.05) is 70.1 Å². The highest BCUT2D eigenvalue weighted by atomic mass is 31.2. The molecule has 9 rings (SSSR count). The summed E-state index contributed by atoms with van der Waals surface area (Å²) in [6.07, 6.45) is -24.3. The smallest absolute Gasteiger partial charge is 0.368 e. The van der Waals surface area contributed by atoms with Crippen LogP contribution < -0.4 is 71.0 Å². The van der Waals surface area contributed by atoms with Crippen molar-refractivity contribution in [3.05, 3.63) is 132 Å². The summed E-state index contributed by atoms with van der Waals surface area (Å²) in [4.78, 5) is 175. The summed E-state index contributed by atoms with van der Waals surface area (Å²) >= 11 is 0. The van der Waals surface area contributed by atoms with Crippen LogP contribution in [0, 0.1) is 61.2 Å². The van der Waals surface area contributed by atoms with Gasteiger partial charge in [0.05, 0.1) is 46.0 Å². The Labute approximate surface area is 858 Å². The molecule has 10 N–H and O–H groups in total. The zero-order chi connectivity index (χ0) is 112. The first-order valence-electron chi connectivity index (χ1n) is 47.6. The Morgan fingerprint density at radius 1 is 0.440 bits per heavy atom. The molecule has 6 aliphatic rings. The molecule has 3 aromatic rings. The van der Waals surface area contributed by atoms with Gasteiger partial charge in [-0.15, -0.1) is 0 Å². The lowest BCUT2D eigenvalue weighted by Crippen LogP contribution is -2.51. The summed E-state index contributed by atoms with van der Waals surface area (Å²) in [6.45, 7) is 53.0. The first-order valence-corrected chi connectivity index (χ1v) is 51.0. The maximum absolute atomic E-state index is 13.1. The molecule has 6 bridgehead atoms. The van der Waals surface area contributed by atoms with Crippen molar-refractivity contribution in [1.29, 1.82) is 0 Å². The number of fused-ring (bicyclic) bond motifs is 6. The second kappa shape index (κ2) is 56.3. The third-order valence-corrected chi connectivity index (χ3v) is 29.7. The number of aromatic nitrogens is 6. The van der Waals surface area contributed by atoms with E-state index in [0.717, 1.165) is 19.9 Å². The van der Waals surface area contributed by atoms with E-state index in [2.05, 4.69) is 90.3 Å². The highest BCUT2D eigenvalue weighted by molar-refractivity contribution is 7.45. The Balaban J connectivity index is 0.000000306. The van der Waals surface area contributed by atoms with Crippen molar-refractivity contribution in [1.82, 2.24) is 79.9 Å². The summed E-state index contributed by atoms with van der Waals surface area (Å²) in [5, 5.41) is 13.0. The summed E-state index contributed by atoms with van der Waals surface area (Å²) in [5.41, 5.74) is -8.41. The van der Waals surface area contributed by atoms with Crippen LogP contribution in [0.4, 0.5) is 52.7 Å². The van der Waals surface area contributed by atoms with Gasteiger partial charge in [-0.2, -0.15) is 52.7 Å². The molecule has 0 spiro atoms. The SMILES string of the molecule is [C-]#[N+]CCOP(O[C@@H]1C2OC[C@]1(CC)O[C@H]2n1cc(C#CCNC(=O)CNC(=O)C(F)(F)F)c(=O)[nH]c1=O)N(C(C)C)C(C)C.[C-]#[N+]CCOP(O[C@@H]1C2OC[C@]1(CC)O[C@H]2n1cc(C#CCNC(=O)[C@H](CC(C)C)NC(=O)C(F)(F)F)c(=O)[nH]c1=O)N(C(C)C)C(C)C.[C-]#[N+]CCOP(O[C@@H]1C2OC[C@]1(CC)O[C@H]2n1cc(C#CCNC(=O)[C@H](CCCCNC(=O)C(F)(F)F)NC(=O)C(F)(F)F)c(=O)[nH]c1=O)N(C(C)C)C(C)C.